The summed E-state index contributed by atoms with van der Waals surface area (Å²) in [5.41, 5.74) is 1.22. The van der Waals surface area contributed by atoms with Crippen LogP contribution in [-0.4, -0.2) is 40.4 Å². The smallest absolute Gasteiger partial charge is 0.0961 e. The van der Waals surface area contributed by atoms with Gasteiger partial charge in [-0.05, 0) is 18.5 Å². The Labute approximate surface area is 128 Å². The number of likely N-dealkylation sites (N-methyl/N-ethyl adjacent to an activating group) is 1. The van der Waals surface area contributed by atoms with Crippen molar-refractivity contribution < 1.29 is 10.2 Å². The molecule has 118 valence electrons. The minimum absolute atomic E-state index is 0.142. The van der Waals surface area contributed by atoms with Gasteiger partial charge in [0.25, 0.3) is 0 Å². The Morgan fingerprint density at radius 1 is 1.19 bits per heavy atom. The first kappa shape index (κ1) is 17.9. The number of unbranched alkanes of at least 4 members (excludes halogenated alkanes) is 2. The van der Waals surface area contributed by atoms with Gasteiger partial charge in [-0.3, -0.25) is 4.90 Å². The molecule has 0 amide bonds. The molecule has 1 aromatic rings. The summed E-state index contributed by atoms with van der Waals surface area (Å²) < 4.78 is 0. The summed E-state index contributed by atoms with van der Waals surface area (Å²) in [6, 6.07) is 10.1. The molecule has 0 fully saturated rings. The third-order valence-corrected chi connectivity index (χ3v) is 3.70. The van der Waals surface area contributed by atoms with Crippen molar-refractivity contribution in [2.45, 2.75) is 51.8 Å². The number of benzene rings is 1. The quantitative estimate of drug-likeness (QED) is 0.514. The predicted octanol–water partition coefficient (Wildman–Crippen LogP) is 2.98. The maximum Gasteiger partial charge on any atom is 0.0961 e. The highest BCUT2D eigenvalue weighted by molar-refractivity contribution is 5.15. The van der Waals surface area contributed by atoms with Gasteiger partial charge in [-0.15, -0.1) is 0 Å². The molecule has 2 atom stereocenters. The van der Waals surface area contributed by atoms with E-state index in [-0.39, 0.29) is 12.6 Å². The Hall–Kier alpha value is -1.16. The van der Waals surface area contributed by atoms with Crippen LogP contribution in [0.2, 0.25) is 0 Å². The van der Waals surface area contributed by atoms with Crippen LogP contribution in [0.25, 0.3) is 0 Å². The number of aliphatic hydroxyl groups excluding tert-OH is 2. The van der Waals surface area contributed by atoms with Gasteiger partial charge in [-0.1, -0.05) is 69.2 Å². The zero-order valence-corrected chi connectivity index (χ0v) is 13.3. The Kier molecular flexibility index (Phi) is 8.99. The van der Waals surface area contributed by atoms with Gasteiger partial charge in [0.05, 0.1) is 18.8 Å². The molecule has 0 aliphatic carbocycles. The molecular weight excluding hydrogens is 262 g/mol. The van der Waals surface area contributed by atoms with Gasteiger partial charge in [0.1, 0.15) is 0 Å². The maximum atomic E-state index is 10.1. The van der Waals surface area contributed by atoms with Crippen molar-refractivity contribution in [2.24, 2.45) is 0 Å². The molecule has 0 aliphatic heterocycles. The molecule has 0 saturated carbocycles. The van der Waals surface area contributed by atoms with Crippen molar-refractivity contribution in [1.29, 1.82) is 0 Å². The van der Waals surface area contributed by atoms with Crippen LogP contribution in [0.1, 0.15) is 38.7 Å². The molecule has 21 heavy (non-hydrogen) atoms. The second-order valence-electron chi connectivity index (χ2n) is 5.36. The van der Waals surface area contributed by atoms with Crippen molar-refractivity contribution in [3.63, 3.8) is 0 Å². The van der Waals surface area contributed by atoms with Crippen LogP contribution < -0.4 is 0 Å². The molecule has 3 heteroatoms. The van der Waals surface area contributed by atoms with Crippen LogP contribution in [0, 0.1) is 0 Å². The molecule has 0 aromatic heterocycles. The fraction of sp³-hybridized carbons (Fsp3) is 0.556. The first-order valence-corrected chi connectivity index (χ1v) is 7.96. The van der Waals surface area contributed by atoms with E-state index in [0.717, 1.165) is 25.9 Å². The zero-order valence-electron chi connectivity index (χ0n) is 13.3. The van der Waals surface area contributed by atoms with Gasteiger partial charge in [0, 0.05) is 6.54 Å². The average molecular weight is 291 g/mol. The van der Waals surface area contributed by atoms with Crippen LogP contribution in [-0.2, 0) is 6.54 Å². The van der Waals surface area contributed by atoms with E-state index in [9.17, 15) is 10.2 Å². The van der Waals surface area contributed by atoms with Gasteiger partial charge < -0.3 is 10.2 Å². The van der Waals surface area contributed by atoms with Gasteiger partial charge in [0.15, 0.2) is 0 Å². The Bertz CT molecular complexity index is 391. The molecule has 2 N–H and O–H groups in total. The summed E-state index contributed by atoms with van der Waals surface area (Å²) in [6.45, 7) is 5.64. The first-order valence-electron chi connectivity index (χ1n) is 7.96. The number of allylic oxidation sites excluding steroid dienone is 1. The second kappa shape index (κ2) is 10.6. The van der Waals surface area contributed by atoms with Crippen molar-refractivity contribution in [3.8, 4) is 0 Å². The summed E-state index contributed by atoms with van der Waals surface area (Å²) in [7, 11) is 0. The molecule has 0 heterocycles. The Morgan fingerprint density at radius 2 is 1.90 bits per heavy atom. The lowest BCUT2D eigenvalue weighted by Crippen LogP contribution is -2.43. The summed E-state index contributed by atoms with van der Waals surface area (Å²) in [5, 5.41) is 19.4. The van der Waals surface area contributed by atoms with Crippen LogP contribution in [0.4, 0.5) is 0 Å². The molecule has 3 nitrogen and oxygen atoms in total. The Balaban J connectivity index is 2.75. The Morgan fingerprint density at radius 3 is 2.48 bits per heavy atom. The normalized spacial score (nSPS) is 14.7. The molecule has 0 bridgehead atoms. The van der Waals surface area contributed by atoms with Crippen LogP contribution in [0.15, 0.2) is 42.5 Å². The van der Waals surface area contributed by atoms with E-state index in [4.69, 9.17) is 0 Å². The summed E-state index contributed by atoms with van der Waals surface area (Å²) in [5.74, 6) is 0. The third kappa shape index (κ3) is 6.42. The van der Waals surface area contributed by atoms with E-state index in [1.807, 2.05) is 24.3 Å². The lowest BCUT2D eigenvalue weighted by Gasteiger charge is -2.31. The minimum Gasteiger partial charge on any atom is -0.394 e. The monoisotopic (exact) mass is 291 g/mol. The van der Waals surface area contributed by atoms with Crippen LogP contribution in [0.5, 0.6) is 0 Å². The second-order valence-corrected chi connectivity index (χ2v) is 5.36. The maximum absolute atomic E-state index is 10.1. The summed E-state index contributed by atoms with van der Waals surface area (Å²) in [6.07, 6.45) is 6.77. The zero-order chi connectivity index (χ0) is 15.5. The first-order chi connectivity index (χ1) is 10.2. The lowest BCUT2D eigenvalue weighted by atomic mass is 10.1. The molecule has 1 aromatic carbocycles. The standard InChI is InChI=1S/C18H29NO2/c1-3-5-6-10-13-17(18(21)15-20)19(4-2)14-16-11-8-7-9-12-16/h7-13,17-18,20-21H,3-6,14-15H2,1-2H3/b13-10+. The molecule has 2 unspecified atom stereocenters. The number of hydrogen-bond acceptors (Lipinski definition) is 3. The highest BCUT2D eigenvalue weighted by atomic mass is 16.3. The largest absolute Gasteiger partial charge is 0.394 e. The van der Waals surface area contributed by atoms with Crippen molar-refractivity contribution in [2.75, 3.05) is 13.2 Å². The fourth-order valence-corrected chi connectivity index (χ4v) is 2.40. The predicted molar refractivity (Wildman–Crippen MR) is 88.1 cm³/mol. The van der Waals surface area contributed by atoms with E-state index < -0.39 is 6.10 Å². The minimum atomic E-state index is -0.744. The molecule has 0 spiro atoms. The molecular formula is C18H29NO2. The van der Waals surface area contributed by atoms with E-state index in [2.05, 4.69) is 37.0 Å². The highest BCUT2D eigenvalue weighted by Gasteiger charge is 2.22. The number of aliphatic hydroxyl groups is 2. The van der Waals surface area contributed by atoms with E-state index in [1.165, 1.54) is 12.0 Å². The van der Waals surface area contributed by atoms with Gasteiger partial charge in [0.2, 0.25) is 0 Å². The molecule has 0 radical (unpaired) electrons. The van der Waals surface area contributed by atoms with Gasteiger partial charge >= 0.3 is 0 Å². The number of nitrogens with zero attached hydrogens (tertiary/aromatic N) is 1. The highest BCUT2D eigenvalue weighted by Crippen LogP contribution is 2.13. The van der Waals surface area contributed by atoms with Gasteiger partial charge in [-0.2, -0.15) is 0 Å². The van der Waals surface area contributed by atoms with E-state index in [0.29, 0.717) is 0 Å². The molecule has 0 aliphatic rings. The SMILES string of the molecule is CCCC/C=C/C(C(O)CO)N(CC)Cc1ccccc1. The van der Waals surface area contributed by atoms with Crippen LogP contribution in [0.3, 0.4) is 0 Å². The topological polar surface area (TPSA) is 43.7 Å². The van der Waals surface area contributed by atoms with Crippen molar-refractivity contribution >= 4 is 0 Å². The molecule has 0 saturated heterocycles. The van der Waals surface area contributed by atoms with Crippen LogP contribution >= 0.6 is 0 Å². The van der Waals surface area contributed by atoms with Gasteiger partial charge in [-0.25, -0.2) is 0 Å². The number of rotatable bonds is 10. The average Bonchev–Trinajstić information content (AvgIpc) is 2.53. The third-order valence-electron chi connectivity index (χ3n) is 3.70. The van der Waals surface area contributed by atoms with E-state index >= 15 is 0 Å². The van der Waals surface area contributed by atoms with E-state index in [1.54, 1.807) is 0 Å². The molecule has 1 rings (SSSR count). The van der Waals surface area contributed by atoms with Crippen molar-refractivity contribution in [1.82, 2.24) is 4.90 Å². The summed E-state index contributed by atoms with van der Waals surface area (Å²) >= 11 is 0. The fourth-order valence-electron chi connectivity index (χ4n) is 2.40. The summed E-state index contributed by atoms with van der Waals surface area (Å²) in [4.78, 5) is 2.19. The number of hydrogen-bond donors (Lipinski definition) is 2. The van der Waals surface area contributed by atoms with Crippen molar-refractivity contribution in [3.05, 3.63) is 48.0 Å². The lowest BCUT2D eigenvalue weighted by molar-refractivity contribution is 0.0285.